The van der Waals surface area contributed by atoms with Crippen LogP contribution in [0.1, 0.15) is 44.9 Å². The monoisotopic (exact) mass is 299 g/mol. The molecule has 2 saturated heterocycles. The van der Waals surface area contributed by atoms with Gasteiger partial charge in [-0.2, -0.15) is 0 Å². The Kier molecular flexibility index (Phi) is 4.22. The normalized spacial score (nSPS) is 37.4. The van der Waals surface area contributed by atoms with E-state index in [-0.39, 0.29) is 9.68 Å². The summed E-state index contributed by atoms with van der Waals surface area (Å²) in [5, 5.41) is 3.89. The highest BCUT2D eigenvalue weighted by atomic mass is 32.2. The van der Waals surface area contributed by atoms with Gasteiger partial charge in [0.15, 0.2) is 4.27 Å². The smallest absolute Gasteiger partial charge is 0.160 e. The van der Waals surface area contributed by atoms with Crippen LogP contribution in [0.5, 0.6) is 0 Å². The molecule has 106 valence electrons. The van der Waals surface area contributed by atoms with Crippen LogP contribution >= 0.6 is 23.5 Å². The molecule has 0 N–H and O–H groups in total. The fourth-order valence-corrected chi connectivity index (χ4v) is 6.70. The maximum absolute atomic E-state index is 8.64. The Morgan fingerprint density at radius 1 is 1.16 bits per heavy atom. The molecule has 0 radical (unpaired) electrons. The van der Waals surface area contributed by atoms with Crippen LogP contribution in [0, 0.1) is 5.41 Å². The summed E-state index contributed by atoms with van der Waals surface area (Å²) in [5.74, 6) is 2.45. The summed E-state index contributed by atoms with van der Waals surface area (Å²) >= 11 is 4.00. The van der Waals surface area contributed by atoms with Crippen LogP contribution in [0.3, 0.4) is 0 Å². The van der Waals surface area contributed by atoms with Crippen LogP contribution < -0.4 is 0 Å². The first kappa shape index (κ1) is 13.9. The molecule has 0 amide bonds. The van der Waals surface area contributed by atoms with Crippen LogP contribution in [-0.4, -0.2) is 28.4 Å². The lowest BCUT2D eigenvalue weighted by Gasteiger charge is -2.53. The van der Waals surface area contributed by atoms with Gasteiger partial charge < -0.3 is 4.74 Å². The molecule has 6 heteroatoms. The number of azide groups is 1. The van der Waals surface area contributed by atoms with Crippen molar-refractivity contribution in [2.24, 2.45) is 10.5 Å². The molecule has 3 aliphatic rings. The zero-order chi connectivity index (χ0) is 13.2. The van der Waals surface area contributed by atoms with E-state index in [9.17, 15) is 0 Å². The minimum Gasteiger partial charge on any atom is -0.351 e. The van der Waals surface area contributed by atoms with Gasteiger partial charge in [-0.15, -0.1) is 23.5 Å². The van der Waals surface area contributed by atoms with Crippen LogP contribution in [0.4, 0.5) is 0 Å². The van der Waals surface area contributed by atoms with Gasteiger partial charge in [0.25, 0.3) is 0 Å². The number of ether oxygens (including phenoxy) is 1. The molecule has 0 unspecified atom stereocenters. The summed E-state index contributed by atoms with van der Waals surface area (Å²) < 4.78 is 6.58. The van der Waals surface area contributed by atoms with Gasteiger partial charge in [-0.1, -0.05) is 18.0 Å². The van der Waals surface area contributed by atoms with Crippen molar-refractivity contribution in [2.75, 3.05) is 18.1 Å². The second kappa shape index (κ2) is 5.76. The molecule has 3 rings (SSSR count). The summed E-state index contributed by atoms with van der Waals surface area (Å²) in [6.07, 6.45) is 8.71. The molecule has 3 fully saturated rings. The third kappa shape index (κ3) is 2.73. The molecule has 2 aliphatic heterocycles. The van der Waals surface area contributed by atoms with Crippen LogP contribution in [0.2, 0.25) is 0 Å². The van der Waals surface area contributed by atoms with Gasteiger partial charge in [0, 0.05) is 16.9 Å². The van der Waals surface area contributed by atoms with Crippen LogP contribution in [-0.2, 0) is 4.74 Å². The van der Waals surface area contributed by atoms with E-state index in [1.807, 2.05) is 23.5 Å². The van der Waals surface area contributed by atoms with Crippen molar-refractivity contribution in [3.63, 3.8) is 0 Å². The topological polar surface area (TPSA) is 58.0 Å². The molecule has 4 nitrogen and oxygen atoms in total. The summed E-state index contributed by atoms with van der Waals surface area (Å²) in [6, 6.07) is 0. The summed E-state index contributed by atoms with van der Waals surface area (Å²) in [4.78, 5) is 2.98. The van der Waals surface area contributed by atoms with E-state index in [2.05, 4.69) is 10.0 Å². The van der Waals surface area contributed by atoms with Crippen LogP contribution in [0.15, 0.2) is 5.11 Å². The molecule has 19 heavy (non-hydrogen) atoms. The SMILES string of the molecule is [N-]=[N+]=NC[C@]12CCCC[C@H]1OC1(CC2)SCCCS1. The largest absolute Gasteiger partial charge is 0.351 e. The lowest BCUT2D eigenvalue weighted by molar-refractivity contribution is -0.127. The number of thioether (sulfide) groups is 2. The van der Waals surface area contributed by atoms with Crippen molar-refractivity contribution in [1.82, 2.24) is 0 Å². The molecule has 2 heterocycles. The third-order valence-corrected chi connectivity index (χ3v) is 7.88. The van der Waals surface area contributed by atoms with Gasteiger partial charge in [-0.3, -0.25) is 0 Å². The molecule has 1 aliphatic carbocycles. The van der Waals surface area contributed by atoms with Crippen molar-refractivity contribution in [1.29, 1.82) is 0 Å². The lowest BCUT2D eigenvalue weighted by atomic mass is 9.68. The Balaban J connectivity index is 1.76. The number of fused-ring (bicyclic) bond motifs is 1. The Morgan fingerprint density at radius 2 is 2.00 bits per heavy atom. The first-order valence-corrected chi connectivity index (χ1v) is 9.22. The molecular formula is C13H21N3OS2. The minimum absolute atomic E-state index is 0.0140. The highest BCUT2D eigenvalue weighted by Crippen LogP contribution is 2.57. The van der Waals surface area contributed by atoms with E-state index < -0.39 is 0 Å². The highest BCUT2D eigenvalue weighted by Gasteiger charge is 2.51. The van der Waals surface area contributed by atoms with Crippen molar-refractivity contribution < 1.29 is 4.74 Å². The number of hydrogen-bond donors (Lipinski definition) is 0. The third-order valence-electron chi connectivity index (χ3n) is 4.71. The number of hydrogen-bond acceptors (Lipinski definition) is 4. The van der Waals surface area contributed by atoms with Crippen molar-refractivity contribution in [3.8, 4) is 0 Å². The van der Waals surface area contributed by atoms with Crippen molar-refractivity contribution >= 4 is 23.5 Å². The van der Waals surface area contributed by atoms with E-state index in [0.29, 0.717) is 12.6 Å². The Morgan fingerprint density at radius 3 is 2.79 bits per heavy atom. The summed E-state index contributed by atoms with van der Waals surface area (Å²) in [6.45, 7) is 0.625. The van der Waals surface area contributed by atoms with Gasteiger partial charge in [-0.25, -0.2) is 0 Å². The molecule has 0 aromatic rings. The molecule has 2 atom stereocenters. The summed E-state index contributed by atoms with van der Waals surface area (Å²) in [7, 11) is 0. The fourth-order valence-electron chi connectivity index (χ4n) is 3.62. The average Bonchev–Trinajstić information content (AvgIpc) is 2.46. The van der Waals surface area contributed by atoms with Gasteiger partial charge in [0.1, 0.15) is 0 Å². The number of rotatable bonds is 2. The number of nitrogens with zero attached hydrogens (tertiary/aromatic N) is 3. The maximum Gasteiger partial charge on any atom is 0.160 e. The second-order valence-electron chi connectivity index (χ2n) is 5.84. The molecule has 0 aromatic carbocycles. The lowest BCUT2D eigenvalue weighted by Crippen LogP contribution is -2.52. The van der Waals surface area contributed by atoms with Crippen molar-refractivity contribution in [2.45, 2.75) is 55.3 Å². The van der Waals surface area contributed by atoms with E-state index in [1.54, 1.807) is 0 Å². The van der Waals surface area contributed by atoms with Gasteiger partial charge in [0.05, 0.1) is 6.10 Å². The molecule has 1 saturated carbocycles. The molecule has 1 spiro atoms. The highest BCUT2D eigenvalue weighted by molar-refractivity contribution is 8.18. The Hall–Kier alpha value is -0.0300. The first-order valence-electron chi connectivity index (χ1n) is 7.25. The fraction of sp³-hybridized carbons (Fsp3) is 1.00. The second-order valence-corrected chi connectivity index (χ2v) is 8.81. The first-order chi connectivity index (χ1) is 9.29. The predicted octanol–water partition coefficient (Wildman–Crippen LogP) is 4.56. The zero-order valence-electron chi connectivity index (χ0n) is 11.2. The van der Waals surface area contributed by atoms with Gasteiger partial charge in [-0.05, 0) is 49.1 Å². The van der Waals surface area contributed by atoms with Crippen LogP contribution in [0.25, 0.3) is 10.4 Å². The van der Waals surface area contributed by atoms with E-state index >= 15 is 0 Å². The predicted molar refractivity (Wildman–Crippen MR) is 81.3 cm³/mol. The zero-order valence-corrected chi connectivity index (χ0v) is 12.8. The maximum atomic E-state index is 8.64. The summed E-state index contributed by atoms with van der Waals surface area (Å²) in [5.41, 5.74) is 8.77. The van der Waals surface area contributed by atoms with Gasteiger partial charge in [0.2, 0.25) is 0 Å². The minimum atomic E-state index is 0.0140. The Labute approximate surface area is 123 Å². The Bertz CT molecular complexity index is 380. The van der Waals surface area contributed by atoms with E-state index in [4.69, 9.17) is 10.3 Å². The molecule has 0 aromatic heterocycles. The van der Waals surface area contributed by atoms with E-state index in [1.165, 1.54) is 37.2 Å². The molecule has 0 bridgehead atoms. The quantitative estimate of drug-likeness (QED) is 0.426. The standard InChI is InChI=1S/C13H21N3OS2/c14-16-15-10-12-5-2-1-4-11(12)17-13(7-6-12)18-8-3-9-19-13/h11H,1-10H2/t11-,12-/m1/s1. The average molecular weight is 299 g/mol. The van der Waals surface area contributed by atoms with Crippen molar-refractivity contribution in [3.05, 3.63) is 10.4 Å². The van der Waals surface area contributed by atoms with E-state index in [0.717, 1.165) is 19.3 Å². The molecular weight excluding hydrogens is 278 g/mol. The van der Waals surface area contributed by atoms with Gasteiger partial charge >= 0.3 is 0 Å².